The predicted molar refractivity (Wildman–Crippen MR) is 110 cm³/mol. The van der Waals surface area contributed by atoms with Crippen LogP contribution in [0.4, 0.5) is 16.5 Å². The van der Waals surface area contributed by atoms with Crippen LogP contribution in [0.15, 0.2) is 52.9 Å². The fourth-order valence-electron chi connectivity index (χ4n) is 2.08. The van der Waals surface area contributed by atoms with Crippen molar-refractivity contribution in [2.75, 3.05) is 10.6 Å². The van der Waals surface area contributed by atoms with Crippen molar-refractivity contribution in [3.63, 3.8) is 0 Å². The van der Waals surface area contributed by atoms with Gasteiger partial charge in [0.2, 0.25) is 11.0 Å². The van der Waals surface area contributed by atoms with Crippen molar-refractivity contribution >= 4 is 57.1 Å². The van der Waals surface area contributed by atoms with Gasteiger partial charge in [-0.1, -0.05) is 58.5 Å². The fraction of sp³-hybridized carbons (Fsp3) is 0.167. The van der Waals surface area contributed by atoms with Gasteiger partial charge in [0.15, 0.2) is 4.34 Å². The quantitative estimate of drug-likeness (QED) is 0.541. The van der Waals surface area contributed by atoms with Crippen molar-refractivity contribution in [1.29, 1.82) is 0 Å². The molecule has 5 nitrogen and oxygen atoms in total. The Hall–Kier alpha value is -2.09. The third-order valence-electron chi connectivity index (χ3n) is 3.45. The molecule has 0 unspecified atom stereocenters. The van der Waals surface area contributed by atoms with E-state index < -0.39 is 0 Å². The molecule has 2 N–H and O–H groups in total. The van der Waals surface area contributed by atoms with Gasteiger partial charge in [0.05, 0.1) is 5.25 Å². The first-order valence-electron chi connectivity index (χ1n) is 7.90. The summed E-state index contributed by atoms with van der Waals surface area (Å²) in [5.74, 6) is -0.111. The van der Waals surface area contributed by atoms with Crippen LogP contribution in [0.3, 0.4) is 0 Å². The van der Waals surface area contributed by atoms with E-state index in [-0.39, 0.29) is 11.2 Å². The van der Waals surface area contributed by atoms with Crippen LogP contribution >= 0.6 is 34.7 Å². The number of nitrogens with one attached hydrogen (secondary N) is 2. The number of thioether (sulfide) groups is 1. The van der Waals surface area contributed by atoms with E-state index in [1.54, 1.807) is 24.3 Å². The van der Waals surface area contributed by atoms with Crippen LogP contribution in [0.2, 0.25) is 5.02 Å². The summed E-state index contributed by atoms with van der Waals surface area (Å²) >= 11 is 8.72. The molecule has 0 aliphatic carbocycles. The summed E-state index contributed by atoms with van der Waals surface area (Å²) in [6.07, 6.45) is 0. The summed E-state index contributed by atoms with van der Waals surface area (Å²) in [5.41, 5.74) is 2.83. The Morgan fingerprint density at radius 2 is 1.92 bits per heavy atom. The van der Waals surface area contributed by atoms with Gasteiger partial charge in [-0.3, -0.25) is 4.79 Å². The summed E-state index contributed by atoms with van der Waals surface area (Å²) in [6.45, 7) is 3.87. The van der Waals surface area contributed by atoms with Gasteiger partial charge >= 0.3 is 0 Å². The molecular weight excluding hydrogens is 388 g/mol. The lowest BCUT2D eigenvalue weighted by Crippen LogP contribution is -2.22. The van der Waals surface area contributed by atoms with Crippen molar-refractivity contribution in [3.05, 3.63) is 59.1 Å². The number of hydrogen-bond acceptors (Lipinski definition) is 6. The van der Waals surface area contributed by atoms with Crippen molar-refractivity contribution in [1.82, 2.24) is 10.2 Å². The Balaban J connectivity index is 1.57. The minimum absolute atomic E-state index is 0.111. The third-order valence-corrected chi connectivity index (χ3v) is 5.71. The van der Waals surface area contributed by atoms with Crippen LogP contribution in [-0.4, -0.2) is 21.4 Å². The van der Waals surface area contributed by atoms with Gasteiger partial charge in [-0.05, 0) is 44.2 Å². The Kier molecular flexibility index (Phi) is 6.13. The number of carbonyl (C=O) groups is 1. The summed E-state index contributed by atoms with van der Waals surface area (Å²) in [7, 11) is 0. The summed E-state index contributed by atoms with van der Waals surface area (Å²) in [6, 6.07) is 15.1. The average Bonchev–Trinajstić information content (AvgIpc) is 3.04. The number of halogens is 1. The number of anilines is 3. The molecule has 0 spiro atoms. The Morgan fingerprint density at radius 3 is 2.65 bits per heavy atom. The smallest absolute Gasteiger partial charge is 0.237 e. The second-order valence-electron chi connectivity index (χ2n) is 5.62. The van der Waals surface area contributed by atoms with Crippen LogP contribution in [0, 0.1) is 6.92 Å². The molecule has 8 heteroatoms. The highest BCUT2D eigenvalue weighted by Gasteiger charge is 2.17. The molecule has 0 saturated heterocycles. The molecule has 0 aliphatic rings. The van der Waals surface area contributed by atoms with Crippen molar-refractivity contribution < 1.29 is 4.79 Å². The lowest BCUT2D eigenvalue weighted by atomic mass is 10.2. The van der Waals surface area contributed by atoms with Gasteiger partial charge in [-0.15, -0.1) is 10.2 Å². The van der Waals surface area contributed by atoms with Crippen molar-refractivity contribution in [2.24, 2.45) is 0 Å². The molecule has 0 aliphatic heterocycles. The average molecular weight is 405 g/mol. The van der Waals surface area contributed by atoms with Crippen LogP contribution in [-0.2, 0) is 4.79 Å². The van der Waals surface area contributed by atoms with Crippen molar-refractivity contribution in [3.8, 4) is 0 Å². The first-order valence-corrected chi connectivity index (χ1v) is 9.97. The SMILES string of the molecule is Cc1ccc(Nc2nnc(S[C@H](C)C(=O)Nc3cccc(Cl)c3)s2)cc1. The molecule has 1 atom stereocenters. The van der Waals surface area contributed by atoms with Gasteiger partial charge in [0, 0.05) is 16.4 Å². The minimum Gasteiger partial charge on any atom is -0.330 e. The van der Waals surface area contributed by atoms with Crippen LogP contribution in [0.1, 0.15) is 12.5 Å². The number of aromatic nitrogens is 2. The Bertz CT molecular complexity index is 898. The second kappa shape index (κ2) is 8.53. The molecule has 3 rings (SSSR count). The Labute approximate surface area is 165 Å². The molecule has 26 heavy (non-hydrogen) atoms. The van der Waals surface area contributed by atoms with E-state index in [9.17, 15) is 4.79 Å². The fourth-order valence-corrected chi connectivity index (χ4v) is 4.19. The minimum atomic E-state index is -0.311. The molecule has 0 radical (unpaired) electrons. The molecule has 3 aromatic rings. The zero-order valence-corrected chi connectivity index (χ0v) is 16.6. The second-order valence-corrected chi connectivity index (χ2v) is 8.63. The highest BCUT2D eigenvalue weighted by Crippen LogP contribution is 2.31. The maximum Gasteiger partial charge on any atom is 0.237 e. The van der Waals surface area contributed by atoms with E-state index in [1.807, 2.05) is 38.1 Å². The maximum atomic E-state index is 12.3. The number of amides is 1. The van der Waals surface area contributed by atoms with E-state index in [1.165, 1.54) is 28.7 Å². The lowest BCUT2D eigenvalue weighted by molar-refractivity contribution is -0.115. The first kappa shape index (κ1) is 18.7. The van der Waals surface area contributed by atoms with Gasteiger partial charge in [0.1, 0.15) is 0 Å². The monoisotopic (exact) mass is 404 g/mol. The molecule has 1 amide bonds. The molecule has 1 heterocycles. The molecule has 0 fully saturated rings. The standard InChI is InChI=1S/C18H17ClN4OS2/c1-11-6-8-14(9-7-11)21-17-22-23-18(26-17)25-12(2)16(24)20-15-5-3-4-13(19)10-15/h3-10,12H,1-2H3,(H,20,24)(H,21,22)/t12-/m1/s1. The molecule has 0 bridgehead atoms. The number of benzene rings is 2. The van der Waals surface area contributed by atoms with E-state index >= 15 is 0 Å². The zero-order valence-electron chi connectivity index (χ0n) is 14.2. The molecule has 134 valence electrons. The Morgan fingerprint density at radius 1 is 1.15 bits per heavy atom. The van der Waals surface area contributed by atoms with Gasteiger partial charge in [-0.2, -0.15) is 0 Å². The van der Waals surface area contributed by atoms with Crippen LogP contribution in [0.25, 0.3) is 0 Å². The van der Waals surface area contributed by atoms with Crippen LogP contribution < -0.4 is 10.6 Å². The van der Waals surface area contributed by atoms with Gasteiger partial charge in [0.25, 0.3) is 0 Å². The summed E-state index contributed by atoms with van der Waals surface area (Å²) in [4.78, 5) is 12.3. The number of nitrogens with zero attached hydrogens (tertiary/aromatic N) is 2. The summed E-state index contributed by atoms with van der Waals surface area (Å²) in [5, 5.41) is 15.3. The predicted octanol–water partition coefficient (Wildman–Crippen LogP) is 5.36. The van der Waals surface area contributed by atoms with Gasteiger partial charge in [-0.25, -0.2) is 0 Å². The first-order chi connectivity index (χ1) is 12.5. The van der Waals surface area contributed by atoms with Crippen LogP contribution in [0.5, 0.6) is 0 Å². The molecule has 0 saturated carbocycles. The zero-order chi connectivity index (χ0) is 18.5. The molecule has 1 aromatic heterocycles. The highest BCUT2D eigenvalue weighted by atomic mass is 35.5. The molecule has 2 aromatic carbocycles. The normalized spacial score (nSPS) is 11.8. The third kappa shape index (κ3) is 5.20. The number of hydrogen-bond donors (Lipinski definition) is 2. The van der Waals surface area contributed by atoms with E-state index in [4.69, 9.17) is 11.6 Å². The highest BCUT2D eigenvalue weighted by molar-refractivity contribution is 8.02. The van der Waals surface area contributed by atoms with Gasteiger partial charge < -0.3 is 10.6 Å². The van der Waals surface area contributed by atoms with E-state index in [2.05, 4.69) is 20.8 Å². The van der Waals surface area contributed by atoms with Crippen molar-refractivity contribution in [2.45, 2.75) is 23.4 Å². The number of carbonyl (C=O) groups excluding carboxylic acids is 1. The topological polar surface area (TPSA) is 66.9 Å². The maximum absolute atomic E-state index is 12.3. The number of rotatable bonds is 6. The molecular formula is C18H17ClN4OS2. The van der Waals surface area contributed by atoms with E-state index in [0.29, 0.717) is 15.8 Å². The lowest BCUT2D eigenvalue weighted by Gasteiger charge is -2.10. The largest absolute Gasteiger partial charge is 0.330 e. The summed E-state index contributed by atoms with van der Waals surface area (Å²) < 4.78 is 0.730. The number of aryl methyl sites for hydroxylation is 1. The van der Waals surface area contributed by atoms with E-state index in [0.717, 1.165) is 10.0 Å².